The second-order valence-electron chi connectivity index (χ2n) is 8.65. The lowest BCUT2D eigenvalue weighted by Crippen LogP contribution is -2.65. The number of piperidine rings is 2. The van der Waals surface area contributed by atoms with E-state index in [9.17, 15) is 10.1 Å². The molecule has 30 heavy (non-hydrogen) atoms. The Kier molecular flexibility index (Phi) is 4.47. The molecule has 0 N–H and O–H groups in total. The van der Waals surface area contributed by atoms with Crippen molar-refractivity contribution in [3.05, 3.63) is 24.2 Å². The van der Waals surface area contributed by atoms with Gasteiger partial charge in [0.15, 0.2) is 11.6 Å². The summed E-state index contributed by atoms with van der Waals surface area (Å²) in [7, 11) is 3.51. The highest BCUT2D eigenvalue weighted by molar-refractivity contribution is 5.86. The van der Waals surface area contributed by atoms with Gasteiger partial charge in [0, 0.05) is 45.5 Å². The Balaban J connectivity index is 1.42. The fraction of sp³-hybridized carbons (Fsp3) is 0.571. The van der Waals surface area contributed by atoms with Crippen LogP contribution in [0.1, 0.15) is 31.2 Å². The summed E-state index contributed by atoms with van der Waals surface area (Å²) in [6, 6.07) is 2.53. The maximum absolute atomic E-state index is 13.2. The van der Waals surface area contributed by atoms with Gasteiger partial charge in [-0.25, -0.2) is 9.97 Å². The van der Waals surface area contributed by atoms with E-state index in [4.69, 9.17) is 9.72 Å². The fourth-order valence-electron chi connectivity index (χ4n) is 4.83. The second-order valence-corrected chi connectivity index (χ2v) is 8.65. The molecule has 3 saturated heterocycles. The largest absolute Gasteiger partial charge is 0.384 e. The number of nitrogens with zero attached hydrogens (tertiary/aromatic N) is 7. The first-order valence-corrected chi connectivity index (χ1v) is 10.4. The van der Waals surface area contributed by atoms with E-state index in [0.717, 1.165) is 31.2 Å². The molecule has 6 rings (SSSR count). The van der Waals surface area contributed by atoms with Crippen LogP contribution < -0.4 is 4.90 Å². The summed E-state index contributed by atoms with van der Waals surface area (Å²) in [5.74, 6) is 1.45. The Bertz CT molecular complexity index is 1020. The molecule has 9 heteroatoms. The lowest BCUT2D eigenvalue weighted by Gasteiger charge is -2.52. The van der Waals surface area contributed by atoms with Crippen molar-refractivity contribution in [3.8, 4) is 17.5 Å². The summed E-state index contributed by atoms with van der Waals surface area (Å²) >= 11 is 0. The first-order chi connectivity index (χ1) is 14.5. The molecule has 1 amide bonds. The molecular weight excluding hydrogens is 382 g/mol. The minimum Gasteiger partial charge on any atom is -0.384 e. The molecule has 1 saturated carbocycles. The van der Waals surface area contributed by atoms with Crippen molar-refractivity contribution in [1.82, 2.24) is 24.6 Å². The van der Waals surface area contributed by atoms with Crippen LogP contribution in [0.3, 0.4) is 0 Å². The molecule has 0 unspecified atom stereocenters. The lowest BCUT2D eigenvalue weighted by atomic mass is 9.88. The van der Waals surface area contributed by atoms with E-state index in [1.807, 2.05) is 13.2 Å². The average molecular weight is 407 g/mol. The van der Waals surface area contributed by atoms with Crippen molar-refractivity contribution in [2.24, 2.45) is 12.5 Å². The quantitative estimate of drug-likeness (QED) is 0.738. The van der Waals surface area contributed by atoms with E-state index in [2.05, 4.69) is 26.0 Å². The lowest BCUT2D eigenvalue weighted by molar-refractivity contribution is -0.144. The molecule has 0 radical (unpaired) electrons. The highest BCUT2D eigenvalue weighted by Gasteiger charge is 2.55. The van der Waals surface area contributed by atoms with Gasteiger partial charge in [0.25, 0.3) is 0 Å². The molecule has 0 spiro atoms. The van der Waals surface area contributed by atoms with Gasteiger partial charge in [0.2, 0.25) is 5.91 Å². The number of carbonyl (C=O) groups excluding carboxylic acids is 1. The van der Waals surface area contributed by atoms with Crippen LogP contribution >= 0.6 is 0 Å². The third-order valence-electron chi connectivity index (χ3n) is 6.64. The Morgan fingerprint density at radius 2 is 2.10 bits per heavy atom. The van der Waals surface area contributed by atoms with Gasteiger partial charge in [0.1, 0.15) is 11.6 Å². The van der Waals surface area contributed by atoms with Gasteiger partial charge < -0.3 is 14.5 Å². The zero-order chi connectivity index (χ0) is 20.9. The van der Waals surface area contributed by atoms with Gasteiger partial charge in [-0.3, -0.25) is 9.48 Å². The minimum atomic E-state index is -0.308. The summed E-state index contributed by atoms with van der Waals surface area (Å²) in [5.41, 5.74) is 0.973. The number of carbonyl (C=O) groups is 1. The van der Waals surface area contributed by atoms with Crippen molar-refractivity contribution in [1.29, 1.82) is 5.26 Å². The maximum Gasteiger partial charge on any atom is 0.231 e. The Labute approximate surface area is 175 Å². The molecule has 1 aliphatic carbocycles. The number of rotatable bonds is 5. The predicted molar refractivity (Wildman–Crippen MR) is 108 cm³/mol. The van der Waals surface area contributed by atoms with Crippen LogP contribution in [0.5, 0.6) is 0 Å². The predicted octanol–water partition coefficient (Wildman–Crippen LogP) is 1.35. The van der Waals surface area contributed by atoms with E-state index in [1.54, 1.807) is 24.2 Å². The van der Waals surface area contributed by atoms with Gasteiger partial charge in [-0.2, -0.15) is 10.4 Å². The molecule has 9 nitrogen and oxygen atoms in total. The summed E-state index contributed by atoms with van der Waals surface area (Å²) in [6.45, 7) is 1.87. The zero-order valence-electron chi connectivity index (χ0n) is 17.3. The molecule has 156 valence electrons. The van der Waals surface area contributed by atoms with Crippen LogP contribution in [0.15, 0.2) is 18.6 Å². The highest BCUT2D eigenvalue weighted by atomic mass is 16.5. The number of nitriles is 1. The van der Waals surface area contributed by atoms with Crippen molar-refractivity contribution in [3.63, 3.8) is 0 Å². The molecule has 2 aromatic heterocycles. The third-order valence-corrected chi connectivity index (χ3v) is 6.64. The summed E-state index contributed by atoms with van der Waals surface area (Å²) in [4.78, 5) is 26.6. The third kappa shape index (κ3) is 3.03. The number of ether oxygens (including phenoxy) is 1. The number of hydrogen-bond donors (Lipinski definition) is 0. The van der Waals surface area contributed by atoms with Gasteiger partial charge in [-0.1, -0.05) is 0 Å². The van der Waals surface area contributed by atoms with E-state index < -0.39 is 0 Å². The van der Waals surface area contributed by atoms with Gasteiger partial charge in [-0.15, -0.1) is 0 Å². The Morgan fingerprint density at radius 3 is 2.70 bits per heavy atom. The fourth-order valence-corrected chi connectivity index (χ4v) is 4.83. The molecule has 4 fully saturated rings. The normalized spacial score (nSPS) is 24.0. The Morgan fingerprint density at radius 1 is 1.30 bits per heavy atom. The van der Waals surface area contributed by atoms with Gasteiger partial charge >= 0.3 is 0 Å². The summed E-state index contributed by atoms with van der Waals surface area (Å²) < 4.78 is 7.03. The van der Waals surface area contributed by atoms with Crippen molar-refractivity contribution >= 4 is 11.7 Å². The number of anilines is 1. The van der Waals surface area contributed by atoms with E-state index >= 15 is 0 Å². The molecule has 4 aliphatic rings. The Hall–Kier alpha value is -2.99. The SMILES string of the molecule is COCC1(C(=O)N2C[C@@H]3CC[C@H]2CN3c2nc(-c3cnn(C)c3)ncc2C#N)CC1. The van der Waals surface area contributed by atoms with E-state index in [0.29, 0.717) is 36.9 Å². The monoisotopic (exact) mass is 407 g/mol. The number of hydrogen-bond acceptors (Lipinski definition) is 7. The number of piperazine rings is 1. The second kappa shape index (κ2) is 7.06. The molecule has 2 aromatic rings. The van der Waals surface area contributed by atoms with Crippen molar-refractivity contribution in [2.75, 3.05) is 31.7 Å². The first kappa shape index (κ1) is 19.0. The first-order valence-electron chi connectivity index (χ1n) is 10.4. The summed E-state index contributed by atoms with van der Waals surface area (Å²) in [5, 5.41) is 13.8. The molecule has 3 aliphatic heterocycles. The average Bonchev–Trinajstić information content (AvgIpc) is 3.44. The molecule has 2 atom stereocenters. The molecular formula is C21H25N7O2. The van der Waals surface area contributed by atoms with E-state index in [-0.39, 0.29) is 23.4 Å². The molecule has 5 heterocycles. The van der Waals surface area contributed by atoms with Crippen LogP contribution in [0.25, 0.3) is 11.4 Å². The molecule has 2 bridgehead atoms. The van der Waals surface area contributed by atoms with Gasteiger partial charge in [-0.05, 0) is 25.7 Å². The van der Waals surface area contributed by atoms with Crippen LogP contribution in [0, 0.1) is 16.7 Å². The number of amides is 1. The van der Waals surface area contributed by atoms with Crippen LogP contribution in [0.2, 0.25) is 0 Å². The van der Waals surface area contributed by atoms with Crippen molar-refractivity contribution < 1.29 is 9.53 Å². The summed E-state index contributed by atoms with van der Waals surface area (Å²) in [6.07, 6.45) is 8.97. The number of aryl methyl sites for hydroxylation is 1. The smallest absolute Gasteiger partial charge is 0.231 e. The topological polar surface area (TPSA) is 100 Å². The number of fused-ring (bicyclic) bond motifs is 3. The highest BCUT2D eigenvalue weighted by Crippen LogP contribution is 2.49. The zero-order valence-corrected chi connectivity index (χ0v) is 17.3. The minimum absolute atomic E-state index is 0.139. The van der Waals surface area contributed by atoms with Crippen LogP contribution in [-0.4, -0.2) is 69.4 Å². The van der Waals surface area contributed by atoms with E-state index in [1.165, 1.54) is 0 Å². The number of aromatic nitrogens is 4. The molecule has 0 aromatic carbocycles. The standard InChI is InChI=1S/C21H25N7O2/c1-26-10-15(9-24-26)18-23-8-14(7-22)19(25-18)27-11-17-4-3-16(27)12-28(17)20(29)21(5-6-21)13-30-2/h8-10,16-17H,3-6,11-13H2,1-2H3/t16-,17-/m0/s1. The van der Waals surface area contributed by atoms with Crippen LogP contribution in [-0.2, 0) is 16.6 Å². The number of methoxy groups -OCH3 is 1. The van der Waals surface area contributed by atoms with Crippen molar-refractivity contribution in [2.45, 2.75) is 37.8 Å². The van der Waals surface area contributed by atoms with Gasteiger partial charge in [0.05, 0.1) is 30.0 Å². The maximum atomic E-state index is 13.2. The van der Waals surface area contributed by atoms with Crippen LogP contribution in [0.4, 0.5) is 5.82 Å².